The Labute approximate surface area is 368 Å². The zero-order valence-corrected chi connectivity index (χ0v) is 34.7. The predicted molar refractivity (Wildman–Crippen MR) is 273 cm³/mol. The van der Waals surface area contributed by atoms with Gasteiger partial charge < -0.3 is 9.13 Å². The molecule has 14 aromatic rings. The van der Waals surface area contributed by atoms with Crippen molar-refractivity contribution in [3.05, 3.63) is 218 Å². The third kappa shape index (κ3) is 4.44. The van der Waals surface area contributed by atoms with E-state index < -0.39 is 0 Å². The topological polar surface area (TPSA) is 9.86 Å². The highest BCUT2D eigenvalue weighted by Gasteiger charge is 2.24. The predicted octanol–water partition coefficient (Wildman–Crippen LogP) is 17.0. The van der Waals surface area contributed by atoms with E-state index in [2.05, 4.69) is 228 Å². The van der Waals surface area contributed by atoms with Gasteiger partial charge in [-0.1, -0.05) is 170 Å². The number of aromatic nitrogens is 2. The average Bonchev–Trinajstić information content (AvgIpc) is 4.00. The molecule has 0 saturated heterocycles. The van der Waals surface area contributed by atoms with Crippen LogP contribution in [0.15, 0.2) is 218 Å². The number of fused-ring (bicyclic) bond motifs is 17. The van der Waals surface area contributed by atoms with Gasteiger partial charge in [0.25, 0.3) is 0 Å². The van der Waals surface area contributed by atoms with E-state index in [0.29, 0.717) is 0 Å². The molecule has 12 aromatic carbocycles. The lowest BCUT2D eigenvalue weighted by Gasteiger charge is -2.17. The fourth-order valence-electron chi connectivity index (χ4n) is 11.7. The Kier molecular flexibility index (Phi) is 6.71. The van der Waals surface area contributed by atoms with Gasteiger partial charge in [-0.05, 0) is 125 Å². The molecule has 1 aliphatic carbocycles. The van der Waals surface area contributed by atoms with E-state index in [4.69, 9.17) is 0 Å². The molecule has 2 aromatic heterocycles. The Morgan fingerprint density at radius 3 is 1.25 bits per heavy atom. The molecule has 0 fully saturated rings. The molecule has 0 radical (unpaired) electrons. The fourth-order valence-corrected chi connectivity index (χ4v) is 11.7. The smallest absolute Gasteiger partial charge is 0.0547 e. The first-order valence-corrected chi connectivity index (χ1v) is 22.3. The Morgan fingerprint density at radius 2 is 0.625 bits per heavy atom. The number of rotatable bonds is 3. The van der Waals surface area contributed by atoms with Crippen molar-refractivity contribution in [1.29, 1.82) is 0 Å². The minimum atomic E-state index is 1.20. The maximum Gasteiger partial charge on any atom is 0.0547 e. The van der Waals surface area contributed by atoms with E-state index in [1.165, 1.54) is 142 Å². The van der Waals surface area contributed by atoms with Crippen LogP contribution in [-0.4, -0.2) is 9.13 Å². The lowest BCUT2D eigenvalue weighted by molar-refractivity contribution is 1.20. The van der Waals surface area contributed by atoms with Crippen LogP contribution in [-0.2, 0) is 0 Å². The Balaban J connectivity index is 0.943. The van der Waals surface area contributed by atoms with Gasteiger partial charge in [0.15, 0.2) is 0 Å². The molecule has 2 heteroatoms. The molecule has 2 heterocycles. The van der Waals surface area contributed by atoms with Crippen LogP contribution < -0.4 is 0 Å². The summed E-state index contributed by atoms with van der Waals surface area (Å²) in [5, 5.41) is 17.9. The van der Waals surface area contributed by atoms with E-state index in [1.807, 2.05) is 0 Å². The second-order valence-electron chi connectivity index (χ2n) is 17.5. The monoisotopic (exact) mass is 808 g/mol. The zero-order chi connectivity index (χ0) is 41.6. The second kappa shape index (κ2) is 12.6. The largest absolute Gasteiger partial charge is 0.309 e. The van der Waals surface area contributed by atoms with Crippen molar-refractivity contribution >= 4 is 97.5 Å². The molecular formula is C62H36N2. The molecule has 0 atom stereocenters. The normalized spacial score (nSPS) is 12.4. The molecule has 0 spiro atoms. The number of hydrogen-bond donors (Lipinski definition) is 0. The molecular weight excluding hydrogens is 773 g/mol. The van der Waals surface area contributed by atoms with E-state index in [9.17, 15) is 0 Å². The van der Waals surface area contributed by atoms with Gasteiger partial charge in [-0.2, -0.15) is 0 Å². The van der Waals surface area contributed by atoms with Gasteiger partial charge in [-0.25, -0.2) is 0 Å². The van der Waals surface area contributed by atoms with E-state index in [0.717, 1.165) is 0 Å². The molecule has 1 aliphatic rings. The summed E-state index contributed by atoms with van der Waals surface area (Å²) in [7, 11) is 0. The van der Waals surface area contributed by atoms with Crippen molar-refractivity contribution in [3.8, 4) is 44.8 Å². The summed E-state index contributed by atoms with van der Waals surface area (Å²) in [5.41, 5.74) is 14.9. The summed E-state index contributed by atoms with van der Waals surface area (Å²) >= 11 is 0. The number of benzene rings is 12. The minimum absolute atomic E-state index is 1.20. The SMILES string of the molecule is c1ccc2c(c1)-c1cccc3c(-n4c5ccccc5c5cc(-c6ccc7c(c6)c6ccccc6n7-c6cc7c8ccccc8c8ccccc8c7c7ccccc67)ccc54)ccc-2c13. The highest BCUT2D eigenvalue weighted by Crippen LogP contribution is 2.50. The van der Waals surface area contributed by atoms with Gasteiger partial charge in [0, 0.05) is 32.3 Å². The lowest BCUT2D eigenvalue weighted by atomic mass is 9.90. The molecule has 0 bridgehead atoms. The van der Waals surface area contributed by atoms with Gasteiger partial charge in [0.05, 0.1) is 33.4 Å². The fraction of sp³-hybridized carbons (Fsp3) is 0. The van der Waals surface area contributed by atoms with Crippen LogP contribution in [0.3, 0.4) is 0 Å². The van der Waals surface area contributed by atoms with Crippen LogP contribution in [0.2, 0.25) is 0 Å². The van der Waals surface area contributed by atoms with Crippen LogP contribution in [0.5, 0.6) is 0 Å². The van der Waals surface area contributed by atoms with Crippen LogP contribution in [0, 0.1) is 0 Å². The zero-order valence-electron chi connectivity index (χ0n) is 34.7. The van der Waals surface area contributed by atoms with Crippen molar-refractivity contribution in [2.75, 3.05) is 0 Å². The first-order chi connectivity index (χ1) is 31.8. The molecule has 0 N–H and O–H groups in total. The Morgan fingerprint density at radius 1 is 0.203 bits per heavy atom. The standard InChI is InChI=1S/C62H36N2/c1-4-18-43-39(14-1)40-15-5-7-22-47(40)62-49-23-8-6-19-44(49)60(36-54(43)62)64-56-27-12-10-21-46(56)53-35-38(29-32-59(53)64)37-28-31-58-52(34-37)45-20-9-11-26-55(45)63(58)57-33-30-50-42-17-3-2-16-41(42)48-24-13-25-51(57)61(48)50/h1-36H. The summed E-state index contributed by atoms with van der Waals surface area (Å²) in [6, 6.07) is 81.5. The first kappa shape index (κ1) is 34.2. The molecule has 0 saturated carbocycles. The second-order valence-corrected chi connectivity index (χ2v) is 17.5. The van der Waals surface area contributed by atoms with Crippen molar-refractivity contribution in [3.63, 3.8) is 0 Å². The van der Waals surface area contributed by atoms with Crippen LogP contribution in [0.4, 0.5) is 0 Å². The summed E-state index contributed by atoms with van der Waals surface area (Å²) < 4.78 is 4.99. The summed E-state index contributed by atoms with van der Waals surface area (Å²) in [5.74, 6) is 0. The van der Waals surface area contributed by atoms with Crippen LogP contribution in [0.1, 0.15) is 0 Å². The molecule has 0 amide bonds. The van der Waals surface area contributed by atoms with E-state index >= 15 is 0 Å². The molecule has 0 unspecified atom stereocenters. The number of para-hydroxylation sites is 2. The highest BCUT2D eigenvalue weighted by molar-refractivity contribution is 6.33. The van der Waals surface area contributed by atoms with E-state index in [1.54, 1.807) is 0 Å². The Hall–Kier alpha value is -8.46. The molecule has 0 aliphatic heterocycles. The van der Waals surface area contributed by atoms with Gasteiger partial charge in [-0.15, -0.1) is 0 Å². The molecule has 294 valence electrons. The van der Waals surface area contributed by atoms with Crippen LogP contribution >= 0.6 is 0 Å². The Bertz CT molecular complexity index is 4340. The summed E-state index contributed by atoms with van der Waals surface area (Å²) in [4.78, 5) is 0. The minimum Gasteiger partial charge on any atom is -0.309 e. The van der Waals surface area contributed by atoms with Gasteiger partial charge in [0.2, 0.25) is 0 Å². The maximum absolute atomic E-state index is 2.51. The average molecular weight is 809 g/mol. The number of nitrogens with zero attached hydrogens (tertiary/aromatic N) is 2. The van der Waals surface area contributed by atoms with Crippen molar-refractivity contribution in [2.45, 2.75) is 0 Å². The van der Waals surface area contributed by atoms with Crippen molar-refractivity contribution in [1.82, 2.24) is 9.13 Å². The van der Waals surface area contributed by atoms with Crippen molar-refractivity contribution < 1.29 is 0 Å². The third-order valence-electron chi connectivity index (χ3n) is 14.4. The molecule has 64 heavy (non-hydrogen) atoms. The van der Waals surface area contributed by atoms with Gasteiger partial charge >= 0.3 is 0 Å². The third-order valence-corrected chi connectivity index (χ3v) is 14.4. The first-order valence-electron chi connectivity index (χ1n) is 22.3. The quantitative estimate of drug-likeness (QED) is 0.157. The van der Waals surface area contributed by atoms with Crippen molar-refractivity contribution in [2.24, 2.45) is 0 Å². The molecule has 15 rings (SSSR count). The van der Waals surface area contributed by atoms with Gasteiger partial charge in [0.1, 0.15) is 0 Å². The van der Waals surface area contributed by atoms with Gasteiger partial charge in [-0.3, -0.25) is 0 Å². The number of hydrogen-bond acceptors (Lipinski definition) is 0. The van der Waals surface area contributed by atoms with Crippen LogP contribution in [0.25, 0.3) is 142 Å². The molecule has 2 nitrogen and oxygen atoms in total. The summed E-state index contributed by atoms with van der Waals surface area (Å²) in [6.45, 7) is 0. The summed E-state index contributed by atoms with van der Waals surface area (Å²) in [6.07, 6.45) is 0. The van der Waals surface area contributed by atoms with E-state index in [-0.39, 0.29) is 0 Å². The maximum atomic E-state index is 2.51. The lowest BCUT2D eigenvalue weighted by Crippen LogP contribution is -1.97. The highest BCUT2D eigenvalue weighted by atomic mass is 15.0.